The number of aromatic nitrogens is 4. The molecule has 2 heterocycles. The lowest BCUT2D eigenvalue weighted by molar-refractivity contribution is 0.773. The molecule has 0 radical (unpaired) electrons. The zero-order valence-electron chi connectivity index (χ0n) is 8.81. The van der Waals surface area contributed by atoms with Crippen molar-refractivity contribution in [2.24, 2.45) is 7.05 Å². The molecule has 0 unspecified atom stereocenters. The molecule has 0 N–H and O–H groups in total. The molecule has 2 rings (SSSR count). The molecular weight excluding hydrogens is 178 g/mol. The Morgan fingerprint density at radius 2 is 2.00 bits per heavy atom. The minimum atomic E-state index is 0.876. The number of fused-ring (bicyclic) bond motifs is 1. The first-order valence-corrected chi connectivity index (χ1v) is 4.43. The van der Waals surface area contributed by atoms with E-state index in [-0.39, 0.29) is 0 Å². The van der Waals surface area contributed by atoms with Gasteiger partial charge >= 0.3 is 0 Å². The van der Waals surface area contributed by atoms with Crippen molar-refractivity contribution in [3.05, 3.63) is 12.0 Å². The summed E-state index contributed by atoms with van der Waals surface area (Å²) in [4.78, 5) is 10.4. The van der Waals surface area contributed by atoms with Crippen molar-refractivity contribution >= 4 is 16.9 Å². The van der Waals surface area contributed by atoms with Crippen LogP contribution in [0.25, 0.3) is 11.0 Å². The summed E-state index contributed by atoms with van der Waals surface area (Å²) < 4.78 is 1.78. The summed E-state index contributed by atoms with van der Waals surface area (Å²) in [5.74, 6) is 0.917. The van der Waals surface area contributed by atoms with Gasteiger partial charge in [-0.05, 0) is 6.92 Å². The Labute approximate surface area is 82.4 Å². The summed E-state index contributed by atoms with van der Waals surface area (Å²) >= 11 is 0. The van der Waals surface area contributed by atoms with Gasteiger partial charge in [-0.2, -0.15) is 5.10 Å². The molecule has 0 aliphatic heterocycles. The van der Waals surface area contributed by atoms with Crippen LogP contribution < -0.4 is 4.90 Å². The summed E-state index contributed by atoms with van der Waals surface area (Å²) in [6.07, 6.45) is 1.57. The number of hydrogen-bond donors (Lipinski definition) is 0. The molecular formula is C9H13N5. The van der Waals surface area contributed by atoms with Gasteiger partial charge in [0.15, 0.2) is 5.65 Å². The quantitative estimate of drug-likeness (QED) is 0.667. The highest BCUT2D eigenvalue weighted by Gasteiger charge is 2.12. The van der Waals surface area contributed by atoms with Crippen molar-refractivity contribution in [3.63, 3.8) is 0 Å². The van der Waals surface area contributed by atoms with Crippen LogP contribution in [0.4, 0.5) is 5.82 Å². The maximum Gasteiger partial charge on any atom is 0.163 e. The minimum absolute atomic E-state index is 0.876. The average molecular weight is 191 g/mol. The molecule has 0 amide bonds. The van der Waals surface area contributed by atoms with Crippen LogP contribution in [-0.2, 0) is 7.05 Å². The molecule has 0 fully saturated rings. The van der Waals surface area contributed by atoms with Crippen molar-refractivity contribution < 1.29 is 0 Å². The Balaban J connectivity index is 2.85. The van der Waals surface area contributed by atoms with Gasteiger partial charge in [0.05, 0.1) is 11.1 Å². The summed E-state index contributed by atoms with van der Waals surface area (Å²) in [5.41, 5.74) is 1.84. The van der Waals surface area contributed by atoms with Gasteiger partial charge in [0.2, 0.25) is 0 Å². The SMILES string of the molecule is Cc1nn(C)c2ncnc(N(C)C)c12. The fourth-order valence-corrected chi connectivity index (χ4v) is 1.60. The molecule has 0 spiro atoms. The molecule has 0 saturated carbocycles. The summed E-state index contributed by atoms with van der Waals surface area (Å²) in [6.45, 7) is 1.97. The summed E-state index contributed by atoms with van der Waals surface area (Å²) in [7, 11) is 5.82. The number of nitrogens with zero attached hydrogens (tertiary/aromatic N) is 5. The smallest absolute Gasteiger partial charge is 0.163 e. The van der Waals surface area contributed by atoms with E-state index in [2.05, 4.69) is 15.1 Å². The van der Waals surface area contributed by atoms with Gasteiger partial charge in [-0.15, -0.1) is 0 Å². The number of rotatable bonds is 1. The Kier molecular flexibility index (Phi) is 1.87. The van der Waals surface area contributed by atoms with E-state index < -0.39 is 0 Å². The fraction of sp³-hybridized carbons (Fsp3) is 0.444. The summed E-state index contributed by atoms with van der Waals surface area (Å²) in [5, 5.41) is 5.35. The topological polar surface area (TPSA) is 46.8 Å². The van der Waals surface area contributed by atoms with Crippen LogP contribution in [0.5, 0.6) is 0 Å². The highest BCUT2D eigenvalue weighted by molar-refractivity contribution is 5.89. The van der Waals surface area contributed by atoms with Gasteiger partial charge in [0.25, 0.3) is 0 Å². The Hall–Kier alpha value is -1.65. The van der Waals surface area contributed by atoms with Gasteiger partial charge < -0.3 is 4.90 Å². The predicted molar refractivity (Wildman–Crippen MR) is 55.4 cm³/mol. The third kappa shape index (κ3) is 1.13. The molecule has 0 saturated heterocycles. The highest BCUT2D eigenvalue weighted by atomic mass is 15.3. The van der Waals surface area contributed by atoms with E-state index in [1.807, 2.05) is 33.0 Å². The first-order chi connectivity index (χ1) is 6.61. The molecule has 74 valence electrons. The molecule has 0 bridgehead atoms. The van der Waals surface area contributed by atoms with E-state index in [0.717, 1.165) is 22.5 Å². The average Bonchev–Trinajstić information content (AvgIpc) is 2.43. The normalized spacial score (nSPS) is 10.9. The third-order valence-electron chi connectivity index (χ3n) is 2.20. The second-order valence-corrected chi connectivity index (χ2v) is 3.50. The Bertz CT molecular complexity index is 471. The van der Waals surface area contributed by atoms with Gasteiger partial charge in [-0.3, -0.25) is 4.68 Å². The lowest BCUT2D eigenvalue weighted by Gasteiger charge is -2.11. The lowest BCUT2D eigenvalue weighted by Crippen LogP contribution is -2.11. The molecule has 2 aromatic rings. The zero-order valence-corrected chi connectivity index (χ0v) is 8.81. The van der Waals surface area contributed by atoms with Crippen molar-refractivity contribution in [1.29, 1.82) is 0 Å². The summed E-state index contributed by atoms with van der Waals surface area (Å²) in [6, 6.07) is 0. The van der Waals surface area contributed by atoms with E-state index in [1.54, 1.807) is 11.0 Å². The highest BCUT2D eigenvalue weighted by Crippen LogP contribution is 2.23. The Morgan fingerprint density at radius 1 is 1.29 bits per heavy atom. The van der Waals surface area contributed by atoms with Crippen molar-refractivity contribution in [1.82, 2.24) is 19.7 Å². The van der Waals surface area contributed by atoms with E-state index in [9.17, 15) is 0 Å². The van der Waals surface area contributed by atoms with Crippen LogP contribution in [0.15, 0.2) is 6.33 Å². The van der Waals surface area contributed by atoms with Crippen LogP contribution >= 0.6 is 0 Å². The van der Waals surface area contributed by atoms with Crippen molar-refractivity contribution in [3.8, 4) is 0 Å². The standard InChI is InChI=1S/C9H13N5/c1-6-7-8(13(2)3)10-5-11-9(7)14(4)12-6/h5H,1-4H3. The van der Waals surface area contributed by atoms with Crippen LogP contribution in [-0.4, -0.2) is 33.8 Å². The first kappa shape index (κ1) is 8.93. The van der Waals surface area contributed by atoms with Crippen LogP contribution in [0, 0.1) is 6.92 Å². The molecule has 5 heteroatoms. The van der Waals surface area contributed by atoms with Gasteiger partial charge in [0.1, 0.15) is 12.1 Å². The monoisotopic (exact) mass is 191 g/mol. The van der Waals surface area contributed by atoms with Gasteiger partial charge in [-0.25, -0.2) is 9.97 Å². The third-order valence-corrected chi connectivity index (χ3v) is 2.20. The van der Waals surface area contributed by atoms with Crippen LogP contribution in [0.2, 0.25) is 0 Å². The molecule has 14 heavy (non-hydrogen) atoms. The van der Waals surface area contributed by atoms with Crippen LogP contribution in [0.3, 0.4) is 0 Å². The zero-order chi connectivity index (χ0) is 10.3. The van der Waals surface area contributed by atoms with E-state index in [4.69, 9.17) is 0 Å². The maximum atomic E-state index is 4.32. The van der Waals surface area contributed by atoms with Crippen molar-refractivity contribution in [2.75, 3.05) is 19.0 Å². The fourth-order valence-electron chi connectivity index (χ4n) is 1.60. The molecule has 0 aliphatic rings. The molecule has 2 aromatic heterocycles. The largest absolute Gasteiger partial charge is 0.362 e. The van der Waals surface area contributed by atoms with Gasteiger partial charge in [-0.1, -0.05) is 0 Å². The van der Waals surface area contributed by atoms with E-state index in [1.165, 1.54) is 0 Å². The van der Waals surface area contributed by atoms with E-state index >= 15 is 0 Å². The second kappa shape index (κ2) is 2.94. The van der Waals surface area contributed by atoms with Crippen molar-refractivity contribution in [2.45, 2.75) is 6.92 Å². The number of anilines is 1. The number of hydrogen-bond acceptors (Lipinski definition) is 4. The lowest BCUT2D eigenvalue weighted by atomic mass is 10.3. The maximum absolute atomic E-state index is 4.32. The molecule has 0 aliphatic carbocycles. The number of aryl methyl sites for hydroxylation is 2. The first-order valence-electron chi connectivity index (χ1n) is 4.43. The molecule has 0 aromatic carbocycles. The Morgan fingerprint density at radius 3 is 2.64 bits per heavy atom. The van der Waals surface area contributed by atoms with Gasteiger partial charge in [0, 0.05) is 21.1 Å². The second-order valence-electron chi connectivity index (χ2n) is 3.50. The molecule has 0 atom stereocenters. The molecule has 5 nitrogen and oxygen atoms in total. The minimum Gasteiger partial charge on any atom is -0.362 e. The van der Waals surface area contributed by atoms with E-state index in [0.29, 0.717) is 0 Å². The van der Waals surface area contributed by atoms with Crippen LogP contribution in [0.1, 0.15) is 5.69 Å². The predicted octanol–water partition coefficient (Wildman–Crippen LogP) is 0.738.